The van der Waals surface area contributed by atoms with Crippen molar-refractivity contribution in [2.75, 3.05) is 38.7 Å². The molecule has 1 aliphatic rings. The minimum Gasteiger partial charge on any atom is -0.383 e. The number of hydrogen-bond acceptors (Lipinski definition) is 4. The third-order valence-corrected chi connectivity index (χ3v) is 6.95. The third-order valence-electron chi connectivity index (χ3n) is 5.82. The molecule has 1 aliphatic heterocycles. The van der Waals surface area contributed by atoms with Crippen LogP contribution < -0.4 is 11.1 Å². The quantitative estimate of drug-likeness (QED) is 0.290. The van der Waals surface area contributed by atoms with Crippen LogP contribution in [0.25, 0.3) is 20.2 Å². The van der Waals surface area contributed by atoms with Crippen LogP contribution in [0.3, 0.4) is 0 Å². The molecule has 1 fully saturated rings. The topological polar surface area (TPSA) is 67.6 Å². The van der Waals surface area contributed by atoms with Crippen molar-refractivity contribution in [1.29, 1.82) is 0 Å². The molecule has 6 heteroatoms. The lowest BCUT2D eigenvalue weighted by atomic mass is 9.99. The number of carbonyl (C=O) groups excluding carboxylic acids is 1. The van der Waals surface area contributed by atoms with Gasteiger partial charge in [-0.15, -0.1) is 11.3 Å². The van der Waals surface area contributed by atoms with Gasteiger partial charge in [-0.25, -0.2) is 4.79 Å². The SMILES string of the molecule is CC.CC.COCCN1CCC(c2ccccc2)C1.NC(=O)Nc1cccc2sc3ccccc3c12. The predicted octanol–water partition coefficient (Wildman–Crippen LogP) is 7.72. The number of nitrogens with zero attached hydrogens (tertiary/aromatic N) is 1. The number of primary amides is 1. The Balaban J connectivity index is 0.000000225. The van der Waals surface area contributed by atoms with E-state index in [-0.39, 0.29) is 0 Å². The average Bonchev–Trinajstić information content (AvgIpc) is 3.56. The van der Waals surface area contributed by atoms with Crippen LogP contribution in [0.2, 0.25) is 0 Å². The maximum atomic E-state index is 11.0. The maximum Gasteiger partial charge on any atom is 0.316 e. The van der Waals surface area contributed by atoms with E-state index >= 15 is 0 Å². The first-order valence-corrected chi connectivity index (χ1v) is 13.7. The summed E-state index contributed by atoms with van der Waals surface area (Å²) >= 11 is 1.71. The molecule has 1 unspecified atom stereocenters. The predicted molar refractivity (Wildman–Crippen MR) is 157 cm³/mol. The Hall–Kier alpha value is -2.93. The van der Waals surface area contributed by atoms with Gasteiger partial charge in [-0.1, -0.05) is 82.3 Å². The Labute approximate surface area is 220 Å². The number of rotatable bonds is 5. The van der Waals surface area contributed by atoms with Gasteiger partial charge < -0.3 is 20.7 Å². The van der Waals surface area contributed by atoms with Crippen molar-refractivity contribution in [2.45, 2.75) is 40.0 Å². The first-order chi connectivity index (χ1) is 17.7. The van der Waals surface area contributed by atoms with Crippen LogP contribution in [-0.4, -0.2) is 44.3 Å². The number of amides is 2. The molecule has 194 valence electrons. The molecule has 0 aliphatic carbocycles. The van der Waals surface area contributed by atoms with Gasteiger partial charge in [0.1, 0.15) is 0 Å². The summed E-state index contributed by atoms with van der Waals surface area (Å²) in [5, 5.41) is 4.88. The number of fused-ring (bicyclic) bond motifs is 3. The van der Waals surface area contributed by atoms with Crippen LogP contribution in [0.1, 0.15) is 45.6 Å². The number of benzene rings is 3. The summed E-state index contributed by atoms with van der Waals surface area (Å²) in [6, 6.07) is 24.3. The van der Waals surface area contributed by atoms with Gasteiger partial charge in [-0.3, -0.25) is 0 Å². The molecule has 36 heavy (non-hydrogen) atoms. The van der Waals surface area contributed by atoms with E-state index in [2.05, 4.69) is 52.7 Å². The molecule has 3 aromatic carbocycles. The number of likely N-dealkylation sites (tertiary alicyclic amines) is 1. The van der Waals surface area contributed by atoms with Crippen LogP contribution in [0.15, 0.2) is 72.8 Å². The smallest absolute Gasteiger partial charge is 0.316 e. The summed E-state index contributed by atoms with van der Waals surface area (Å²) in [5.41, 5.74) is 7.44. The summed E-state index contributed by atoms with van der Waals surface area (Å²) in [6.45, 7) is 12.3. The second-order valence-corrected chi connectivity index (χ2v) is 9.04. The van der Waals surface area contributed by atoms with E-state index in [4.69, 9.17) is 10.5 Å². The molecule has 2 amide bonds. The van der Waals surface area contributed by atoms with Gasteiger partial charge in [-0.2, -0.15) is 0 Å². The Morgan fingerprint density at radius 3 is 2.33 bits per heavy atom. The highest BCUT2D eigenvalue weighted by atomic mass is 32.1. The molecule has 5 nitrogen and oxygen atoms in total. The number of thiophene rings is 1. The molecule has 0 spiro atoms. The second kappa shape index (κ2) is 15.9. The van der Waals surface area contributed by atoms with Crippen LogP contribution >= 0.6 is 11.3 Å². The molecule has 0 radical (unpaired) electrons. The van der Waals surface area contributed by atoms with E-state index in [1.54, 1.807) is 18.4 Å². The number of anilines is 1. The van der Waals surface area contributed by atoms with Gasteiger partial charge in [0, 0.05) is 40.4 Å². The monoisotopic (exact) mass is 507 g/mol. The molecule has 1 aromatic heterocycles. The van der Waals surface area contributed by atoms with Gasteiger partial charge in [0.15, 0.2) is 0 Å². The summed E-state index contributed by atoms with van der Waals surface area (Å²) in [6.07, 6.45) is 1.29. The van der Waals surface area contributed by atoms with Crippen LogP contribution in [0.5, 0.6) is 0 Å². The van der Waals surface area contributed by atoms with Crippen LogP contribution in [0, 0.1) is 0 Å². The Morgan fingerprint density at radius 2 is 1.64 bits per heavy atom. The zero-order valence-corrected chi connectivity index (χ0v) is 23.1. The van der Waals surface area contributed by atoms with Crippen molar-refractivity contribution in [3.8, 4) is 0 Å². The molecule has 0 saturated carbocycles. The highest BCUT2D eigenvalue weighted by Crippen LogP contribution is 2.37. The molecular weight excluding hydrogens is 466 g/mol. The lowest BCUT2D eigenvalue weighted by molar-refractivity contribution is 0.160. The van der Waals surface area contributed by atoms with Crippen LogP contribution in [-0.2, 0) is 4.74 Å². The van der Waals surface area contributed by atoms with Gasteiger partial charge in [0.2, 0.25) is 0 Å². The van der Waals surface area contributed by atoms with Crippen molar-refractivity contribution in [1.82, 2.24) is 4.90 Å². The van der Waals surface area contributed by atoms with Crippen molar-refractivity contribution in [2.24, 2.45) is 5.73 Å². The molecule has 4 aromatic rings. The molecule has 5 rings (SSSR count). The lowest BCUT2D eigenvalue weighted by Crippen LogP contribution is -2.24. The van der Waals surface area contributed by atoms with E-state index < -0.39 is 6.03 Å². The summed E-state index contributed by atoms with van der Waals surface area (Å²) in [7, 11) is 1.77. The van der Waals surface area contributed by atoms with Gasteiger partial charge >= 0.3 is 6.03 Å². The van der Waals surface area contributed by atoms with Crippen molar-refractivity contribution >= 4 is 43.2 Å². The Kier molecular flexibility index (Phi) is 13.0. The number of methoxy groups -OCH3 is 1. The Bertz CT molecular complexity index is 1180. The minimum atomic E-state index is -0.534. The Morgan fingerprint density at radius 1 is 0.972 bits per heavy atom. The molecule has 3 N–H and O–H groups in total. The van der Waals surface area contributed by atoms with E-state index in [1.165, 1.54) is 29.8 Å². The summed E-state index contributed by atoms with van der Waals surface area (Å²) < 4.78 is 7.46. The lowest BCUT2D eigenvalue weighted by Gasteiger charge is -2.15. The number of carbonyl (C=O) groups is 1. The molecule has 1 saturated heterocycles. The standard InChI is InChI=1S/C13H10N2OS.C13H19NO.2C2H6/c14-13(16)15-9-5-3-7-11-12(9)8-4-1-2-6-10(8)17-11;1-15-10-9-14-8-7-13(11-14)12-5-3-2-4-6-12;2*1-2/h1-7H,(H3,14,15,16);2-6,13H,7-11H2,1H3;2*1-2H3. The van der Waals surface area contributed by atoms with E-state index in [0.29, 0.717) is 0 Å². The number of nitrogens with one attached hydrogen (secondary N) is 1. The zero-order valence-electron chi connectivity index (χ0n) is 22.3. The third kappa shape index (κ3) is 8.05. The first kappa shape index (κ1) is 29.3. The van der Waals surface area contributed by atoms with Crippen molar-refractivity contribution in [3.05, 3.63) is 78.4 Å². The molecule has 2 heterocycles. The number of hydrogen-bond donors (Lipinski definition) is 2. The fourth-order valence-electron chi connectivity index (χ4n) is 4.26. The van der Waals surface area contributed by atoms with E-state index in [0.717, 1.165) is 40.2 Å². The second-order valence-electron chi connectivity index (χ2n) is 7.96. The molecule has 1 atom stereocenters. The highest BCUT2D eigenvalue weighted by Gasteiger charge is 2.22. The first-order valence-electron chi connectivity index (χ1n) is 12.9. The summed E-state index contributed by atoms with van der Waals surface area (Å²) in [4.78, 5) is 13.5. The number of urea groups is 1. The molecular formula is C30H41N3O2S. The van der Waals surface area contributed by atoms with Gasteiger partial charge in [-0.05, 0) is 42.6 Å². The normalized spacial score (nSPS) is 14.6. The van der Waals surface area contributed by atoms with Gasteiger partial charge in [0.05, 0.1) is 12.3 Å². The largest absolute Gasteiger partial charge is 0.383 e. The van der Waals surface area contributed by atoms with Crippen molar-refractivity contribution in [3.63, 3.8) is 0 Å². The maximum absolute atomic E-state index is 11.0. The fourth-order valence-corrected chi connectivity index (χ4v) is 5.40. The number of nitrogens with two attached hydrogens (primary N) is 1. The minimum absolute atomic E-state index is 0.534. The number of ether oxygens (including phenoxy) is 1. The highest BCUT2D eigenvalue weighted by molar-refractivity contribution is 7.25. The van der Waals surface area contributed by atoms with E-state index in [9.17, 15) is 4.79 Å². The van der Waals surface area contributed by atoms with E-state index in [1.807, 2.05) is 58.0 Å². The van der Waals surface area contributed by atoms with Crippen LogP contribution in [0.4, 0.5) is 10.5 Å². The average molecular weight is 508 g/mol. The van der Waals surface area contributed by atoms with Crippen molar-refractivity contribution < 1.29 is 9.53 Å². The zero-order chi connectivity index (χ0) is 26.3. The van der Waals surface area contributed by atoms with Gasteiger partial charge in [0.25, 0.3) is 0 Å². The summed E-state index contributed by atoms with van der Waals surface area (Å²) in [5.74, 6) is 0.725. The molecule has 0 bridgehead atoms. The fraction of sp³-hybridized carbons (Fsp3) is 0.367.